The van der Waals surface area contributed by atoms with Gasteiger partial charge < -0.3 is 178 Å². The first-order valence-corrected chi connectivity index (χ1v) is 30.1. The molecule has 24 rings (SSSR count). The van der Waals surface area contributed by atoms with Gasteiger partial charge in [-0.05, 0) is 35.0 Å². The fourth-order valence-electron chi connectivity index (χ4n) is 12.6. The van der Waals surface area contributed by atoms with Gasteiger partial charge in [0.2, 0.25) is 0 Å². The van der Waals surface area contributed by atoms with E-state index in [9.17, 15) is 107 Å². The smallest absolute Gasteiger partial charge is 0.187 e. The van der Waals surface area contributed by atoms with Crippen LogP contribution in [-0.4, -0.2) is 377 Å². The lowest BCUT2D eigenvalue weighted by Gasteiger charge is -2.50. The lowest BCUT2D eigenvalue weighted by molar-refractivity contribution is -0.396. The van der Waals surface area contributed by atoms with Crippen molar-refractivity contribution < 1.29 is 178 Å². The van der Waals surface area contributed by atoms with Crippen molar-refractivity contribution in [1.82, 2.24) is 15.0 Å². The fraction of sp³-hybridized carbons (Fsp3) is 0.782. The molecule has 1 aromatic heterocycles. The summed E-state index contributed by atoms with van der Waals surface area (Å²) >= 11 is 0. The lowest BCUT2D eigenvalue weighted by Crippen LogP contribution is -2.68. The number of phenols is 1. The molecule has 0 radical (unpaired) electrons. The third-order valence-corrected chi connectivity index (χ3v) is 17.7. The van der Waals surface area contributed by atoms with E-state index in [0.29, 0.717) is 11.1 Å². The molecule has 21 aliphatic rings. The monoisotopic (exact) mass is 1360 g/mol. The van der Waals surface area contributed by atoms with Gasteiger partial charge in [0.05, 0.1) is 52.4 Å². The summed E-state index contributed by atoms with van der Waals surface area (Å²) in [7, 11) is 0. The minimum absolute atomic E-state index is 0.0212. The van der Waals surface area contributed by atoms with Crippen LogP contribution in [0.15, 0.2) is 42.6 Å². The van der Waals surface area contributed by atoms with Crippen LogP contribution in [0, 0.1) is 0 Å². The number of aliphatic hydroxyl groups is 20. The molecule has 0 aliphatic carbocycles. The van der Waals surface area contributed by atoms with Gasteiger partial charge in [0.25, 0.3) is 0 Å². The van der Waals surface area contributed by atoms with Crippen LogP contribution >= 0.6 is 0 Å². The topological polar surface area (TPSA) is 594 Å². The quantitative estimate of drug-likeness (QED) is 0.0848. The third-order valence-electron chi connectivity index (χ3n) is 17.7. The van der Waals surface area contributed by atoms with E-state index in [0.717, 1.165) is 5.39 Å². The van der Waals surface area contributed by atoms with Crippen LogP contribution in [0.3, 0.4) is 0 Å². The van der Waals surface area contributed by atoms with E-state index in [-0.39, 0.29) is 18.1 Å². The summed E-state index contributed by atoms with van der Waals surface area (Å²) in [5.74, 6) is 0.399. The summed E-state index contributed by atoms with van der Waals surface area (Å²) in [5.41, 5.74) is 0.210. The van der Waals surface area contributed by atoms with Gasteiger partial charge in [-0.1, -0.05) is 17.3 Å². The number of phenolic OH excluding ortho intramolecular Hbond substituents is 1. The van der Waals surface area contributed by atoms with Gasteiger partial charge >= 0.3 is 0 Å². The second-order valence-corrected chi connectivity index (χ2v) is 23.9. The van der Waals surface area contributed by atoms with Crippen LogP contribution in [0.4, 0.5) is 0 Å². The Hall–Kier alpha value is -3.92. The van der Waals surface area contributed by atoms with Crippen molar-refractivity contribution in [2.75, 3.05) is 39.6 Å². The lowest BCUT2D eigenvalue weighted by atomic mass is 9.95. The molecule has 0 saturated carbocycles. The molecule has 0 unspecified atom stereocenters. The first kappa shape index (κ1) is 71.4. The van der Waals surface area contributed by atoms with Gasteiger partial charge in [-0.3, -0.25) is 0 Å². The molecule has 94 heavy (non-hydrogen) atoms. The summed E-state index contributed by atoms with van der Waals surface area (Å²) in [5, 5.41) is 245. The number of aromatic nitrogens is 3. The first-order chi connectivity index (χ1) is 45.0. The highest BCUT2D eigenvalue weighted by atomic mass is 16.8. The average molecular weight is 1360 g/mol. The van der Waals surface area contributed by atoms with Crippen LogP contribution in [0.5, 0.6) is 11.5 Å². The molecule has 0 spiro atoms. The fourth-order valence-corrected chi connectivity index (χ4v) is 12.6. The van der Waals surface area contributed by atoms with Crippen molar-refractivity contribution in [2.45, 2.75) is 228 Å². The van der Waals surface area contributed by atoms with Gasteiger partial charge in [0, 0.05) is 0 Å². The van der Waals surface area contributed by atoms with E-state index in [1.54, 1.807) is 24.3 Å². The Kier molecular flexibility index (Phi) is 23.0. The molecule has 0 amide bonds. The molecule has 21 saturated heterocycles. The highest BCUT2D eigenvalue weighted by molar-refractivity contribution is 5.85. The molecular formula is C55H79N3O36. The molecule has 3 aromatic rings. The molecule has 21 aliphatic heterocycles. The average Bonchev–Trinajstić information content (AvgIpc) is 1.10. The number of nitrogens with zero attached hydrogens (tertiary/aromatic N) is 3. The maximum absolute atomic E-state index is 12.0. The Morgan fingerprint density at radius 1 is 0.330 bits per heavy atom. The number of ether oxygens (including phenoxy) is 15. The Labute approximate surface area is 530 Å². The molecule has 530 valence electrons. The van der Waals surface area contributed by atoms with Crippen molar-refractivity contribution in [3.05, 3.63) is 48.3 Å². The predicted octanol–water partition coefficient (Wildman–Crippen LogP) is -12.5. The molecular weight excluding hydrogens is 1280 g/mol. The summed E-state index contributed by atoms with van der Waals surface area (Å²) < 4.78 is 88.9. The van der Waals surface area contributed by atoms with E-state index < -0.39 is 261 Å². The van der Waals surface area contributed by atoms with Crippen LogP contribution in [0.25, 0.3) is 10.8 Å². The highest BCUT2D eigenvalue weighted by Gasteiger charge is 2.60. The van der Waals surface area contributed by atoms with Crippen LogP contribution in [0.2, 0.25) is 0 Å². The normalized spacial score (nSPS) is 47.5. The summed E-state index contributed by atoms with van der Waals surface area (Å²) in [6, 6.07) is 9.86. The van der Waals surface area contributed by atoms with Gasteiger partial charge in [-0.25, -0.2) is 4.68 Å². The zero-order chi connectivity index (χ0) is 67.3. The van der Waals surface area contributed by atoms with E-state index in [2.05, 4.69) is 10.3 Å². The number of aliphatic hydroxyl groups excluding tert-OH is 20. The predicted molar refractivity (Wildman–Crippen MR) is 291 cm³/mol. The zero-order valence-corrected chi connectivity index (χ0v) is 49.3. The number of benzene rings is 2. The van der Waals surface area contributed by atoms with Crippen molar-refractivity contribution in [1.29, 1.82) is 0 Å². The Balaban J connectivity index is 0.882. The molecule has 39 heteroatoms. The van der Waals surface area contributed by atoms with Crippen LogP contribution in [0.1, 0.15) is 5.69 Å². The molecule has 21 fully saturated rings. The van der Waals surface area contributed by atoms with Gasteiger partial charge in [-0.2, -0.15) is 0 Å². The van der Waals surface area contributed by atoms with Crippen molar-refractivity contribution in [3.63, 3.8) is 0 Å². The third kappa shape index (κ3) is 14.3. The Morgan fingerprint density at radius 2 is 0.606 bits per heavy atom. The number of rotatable bonds is 11. The van der Waals surface area contributed by atoms with E-state index in [1.165, 1.54) is 23.0 Å². The standard InChI is InChI=1S/C55H79N3O36/c59-9-22-43-30(68)37(75)51(83-22)91-45-24(11-61)85-53(39(77)32(45)70)93-47-26(13-63)87-55(41(79)34(47)72)94-48-27(14-64)86-54(40(78)33(48)71)92-46-25(12-62)84-52(38(76)31(46)69)90-44-23(10-60)82-50(36(74)29(44)67)88-42-21(81-49(89-43)35(73)28(42)66)8-58-7-18(56-57-58)15-80-20-4-2-16-1-3-19(65)5-17(16)6-20/h1-7,21-55,59-79H,8-15H2/t21-,22-,23-,24-,25-,26-,27-,28-,29-,30-,31-,32-,33-,34-,35-,36-,37-,38-,39-,40-,41-,42-,43-,44-,45-,46-,47-,48-,49-,50-,51-,52-,53-,54-,55-/m1/s1. The zero-order valence-electron chi connectivity index (χ0n) is 49.3. The summed E-state index contributed by atoms with van der Waals surface area (Å²) in [4.78, 5) is 0. The van der Waals surface area contributed by atoms with Crippen molar-refractivity contribution >= 4 is 10.8 Å². The summed E-state index contributed by atoms with van der Waals surface area (Å²) in [6.07, 6.45) is -69.7. The largest absolute Gasteiger partial charge is 0.508 e. The highest BCUT2D eigenvalue weighted by Crippen LogP contribution is 2.40. The van der Waals surface area contributed by atoms with E-state index in [4.69, 9.17) is 71.1 Å². The van der Waals surface area contributed by atoms with Gasteiger partial charge in [0.15, 0.2) is 44.0 Å². The van der Waals surface area contributed by atoms with E-state index in [1.807, 2.05) is 0 Å². The van der Waals surface area contributed by atoms with Gasteiger partial charge in [0.1, 0.15) is 195 Å². The Morgan fingerprint density at radius 3 is 0.904 bits per heavy atom. The van der Waals surface area contributed by atoms with Crippen molar-refractivity contribution in [3.8, 4) is 11.5 Å². The summed E-state index contributed by atoms with van der Waals surface area (Å²) in [6.45, 7) is -7.07. The number of hydrogen-bond donors (Lipinski definition) is 21. The van der Waals surface area contributed by atoms with E-state index >= 15 is 0 Å². The molecule has 22 heterocycles. The maximum Gasteiger partial charge on any atom is 0.187 e. The molecule has 35 atom stereocenters. The molecule has 14 bridgehead atoms. The minimum Gasteiger partial charge on any atom is -0.508 e. The molecule has 21 N–H and O–H groups in total. The second kappa shape index (κ2) is 30.3. The molecule has 2 aromatic carbocycles. The minimum atomic E-state index is -2.25. The Bertz CT molecular complexity index is 2890. The van der Waals surface area contributed by atoms with Crippen LogP contribution in [-0.2, 0) is 79.5 Å². The number of fused-ring (bicyclic) bond motifs is 1. The van der Waals surface area contributed by atoms with Crippen LogP contribution < -0.4 is 4.74 Å². The number of hydrogen-bond acceptors (Lipinski definition) is 38. The second-order valence-electron chi connectivity index (χ2n) is 23.9. The van der Waals surface area contributed by atoms with Gasteiger partial charge in [-0.15, -0.1) is 5.10 Å². The molecule has 39 nitrogen and oxygen atoms in total. The van der Waals surface area contributed by atoms with Crippen molar-refractivity contribution in [2.24, 2.45) is 0 Å². The maximum atomic E-state index is 12.0. The first-order valence-electron chi connectivity index (χ1n) is 30.1. The SMILES string of the molecule is OC[C@H]1O[C@@H]2O[C@H]3[C@H](O)[C@@H](O)[C@@H](O[C@H]4[C@H](O)[C@@H](O)[C@@H](O[C@H]5[C@H](O)[C@@H](O)[C@@H](O[C@H]6[C@H](O)[C@@H](O)[C@@H](O[C@H]7[C@H](O)[C@@H](O)[C@@H](O[C@H]8[C@H](O)[C@@H](O)[C@@H](O[C@H]1[C@H](O)[C@H]2O)O[C@@H]8CO)O[C@@H]7CO)O[C@@H]6CO)O[C@@H]5Cn1cc(COc2ccc5ccc(O)cc5c2)nn1)O[C@@H]4CO)O[C@@H]3CO. The number of aromatic hydroxyl groups is 1.